The molecule has 88 valence electrons. The number of halogens is 1. The largest absolute Gasteiger partial charge is 0.508 e. The number of phenols is 1. The van der Waals surface area contributed by atoms with Crippen LogP contribution in [-0.2, 0) is 4.79 Å². The van der Waals surface area contributed by atoms with E-state index in [0.717, 1.165) is 16.8 Å². The van der Waals surface area contributed by atoms with E-state index >= 15 is 0 Å². The van der Waals surface area contributed by atoms with Crippen molar-refractivity contribution >= 4 is 23.2 Å². The molecule has 1 amide bonds. The van der Waals surface area contributed by atoms with Gasteiger partial charge in [0, 0.05) is 17.5 Å². The average molecular weight is 242 g/mol. The Balaban J connectivity index is 2.90. The molecule has 0 aromatic heterocycles. The van der Waals surface area contributed by atoms with Crippen LogP contribution in [0.15, 0.2) is 12.1 Å². The quantitative estimate of drug-likeness (QED) is 0.632. The van der Waals surface area contributed by atoms with Crippen LogP contribution >= 0.6 is 11.6 Å². The number of nitrogens with one attached hydrogen (secondary N) is 1. The van der Waals surface area contributed by atoms with Crippen LogP contribution in [0.4, 0.5) is 5.69 Å². The number of hydrogen-bond acceptors (Lipinski definition) is 2. The second-order valence-electron chi connectivity index (χ2n) is 4.00. The van der Waals surface area contributed by atoms with Crippen molar-refractivity contribution in [1.29, 1.82) is 0 Å². The van der Waals surface area contributed by atoms with Gasteiger partial charge in [-0.1, -0.05) is 6.92 Å². The summed E-state index contributed by atoms with van der Waals surface area (Å²) in [5.74, 6) is 0.196. The Labute approximate surface area is 100 Å². The molecule has 1 aromatic rings. The molecule has 2 N–H and O–H groups in total. The van der Waals surface area contributed by atoms with E-state index in [1.54, 1.807) is 26.0 Å². The van der Waals surface area contributed by atoms with Crippen molar-refractivity contribution in [3.63, 3.8) is 0 Å². The first-order chi connectivity index (χ1) is 7.45. The van der Waals surface area contributed by atoms with Crippen LogP contribution in [-0.4, -0.2) is 16.9 Å². The number of rotatable bonds is 3. The van der Waals surface area contributed by atoms with Crippen molar-refractivity contribution in [3.05, 3.63) is 23.3 Å². The minimum absolute atomic E-state index is 0.108. The molecule has 1 unspecified atom stereocenters. The Hall–Kier alpha value is -1.22. The van der Waals surface area contributed by atoms with Gasteiger partial charge in [0.1, 0.15) is 5.75 Å². The highest BCUT2D eigenvalue weighted by Crippen LogP contribution is 2.25. The van der Waals surface area contributed by atoms with Gasteiger partial charge in [-0.05, 0) is 37.1 Å². The van der Waals surface area contributed by atoms with E-state index in [4.69, 9.17) is 11.6 Å². The van der Waals surface area contributed by atoms with Crippen LogP contribution in [0.2, 0.25) is 0 Å². The van der Waals surface area contributed by atoms with Crippen LogP contribution in [0.25, 0.3) is 0 Å². The van der Waals surface area contributed by atoms with Crippen LogP contribution in [0.3, 0.4) is 0 Å². The van der Waals surface area contributed by atoms with Crippen molar-refractivity contribution in [2.24, 2.45) is 5.92 Å². The fourth-order valence-corrected chi connectivity index (χ4v) is 1.40. The van der Waals surface area contributed by atoms with Crippen molar-refractivity contribution < 1.29 is 9.90 Å². The molecule has 1 aromatic carbocycles. The number of carbonyl (C=O) groups excluding carboxylic acids is 1. The normalized spacial score (nSPS) is 12.2. The fraction of sp³-hybridized carbons (Fsp3) is 0.417. The summed E-state index contributed by atoms with van der Waals surface area (Å²) in [6.07, 6.45) is 0. The Bertz CT molecular complexity index is 404. The average Bonchev–Trinajstić information content (AvgIpc) is 2.24. The van der Waals surface area contributed by atoms with Crippen LogP contribution in [0.5, 0.6) is 5.75 Å². The van der Waals surface area contributed by atoms with Crippen LogP contribution in [0.1, 0.15) is 18.1 Å². The molecule has 0 aliphatic heterocycles. The van der Waals surface area contributed by atoms with Crippen LogP contribution in [0, 0.1) is 19.8 Å². The summed E-state index contributed by atoms with van der Waals surface area (Å²) in [7, 11) is 0. The first-order valence-corrected chi connectivity index (χ1v) is 5.66. The Morgan fingerprint density at radius 3 is 2.62 bits per heavy atom. The number of aryl methyl sites for hydroxylation is 2. The number of alkyl halides is 1. The van der Waals surface area contributed by atoms with Gasteiger partial charge in [0.25, 0.3) is 0 Å². The lowest BCUT2D eigenvalue weighted by atomic mass is 10.1. The molecule has 3 nitrogen and oxygen atoms in total. The third-order valence-electron chi connectivity index (χ3n) is 2.48. The zero-order valence-electron chi connectivity index (χ0n) is 9.67. The van der Waals surface area contributed by atoms with E-state index in [9.17, 15) is 9.90 Å². The predicted octanol–water partition coefficient (Wildman–Crippen LogP) is 2.82. The Kier molecular flexibility index (Phi) is 4.19. The molecule has 16 heavy (non-hydrogen) atoms. The maximum absolute atomic E-state index is 11.6. The molecule has 0 aliphatic carbocycles. The van der Waals surface area contributed by atoms with Gasteiger partial charge in [-0.3, -0.25) is 4.79 Å². The molecule has 1 atom stereocenters. The summed E-state index contributed by atoms with van der Waals surface area (Å²) in [5, 5.41) is 12.3. The van der Waals surface area contributed by atoms with Gasteiger partial charge in [0.2, 0.25) is 5.91 Å². The van der Waals surface area contributed by atoms with E-state index < -0.39 is 0 Å². The van der Waals surface area contributed by atoms with Crippen molar-refractivity contribution in [1.82, 2.24) is 0 Å². The standard InChI is InChI=1S/C12H16ClNO2/c1-7-5-11(15)8(2)4-10(7)14-12(16)9(3)6-13/h4-5,9,15H,6H2,1-3H3,(H,14,16). The molecule has 0 saturated heterocycles. The number of amides is 1. The third kappa shape index (κ3) is 2.89. The topological polar surface area (TPSA) is 49.3 Å². The summed E-state index contributed by atoms with van der Waals surface area (Å²) in [6, 6.07) is 3.39. The zero-order chi connectivity index (χ0) is 12.3. The summed E-state index contributed by atoms with van der Waals surface area (Å²) in [4.78, 5) is 11.6. The highest BCUT2D eigenvalue weighted by molar-refractivity contribution is 6.19. The van der Waals surface area contributed by atoms with Gasteiger partial charge in [-0.2, -0.15) is 0 Å². The van der Waals surface area contributed by atoms with Gasteiger partial charge in [-0.15, -0.1) is 11.6 Å². The third-order valence-corrected chi connectivity index (χ3v) is 2.94. The molecular weight excluding hydrogens is 226 g/mol. The molecular formula is C12H16ClNO2. The monoisotopic (exact) mass is 241 g/mol. The van der Waals surface area contributed by atoms with Crippen molar-refractivity contribution in [3.8, 4) is 5.75 Å². The van der Waals surface area contributed by atoms with E-state index in [2.05, 4.69) is 5.32 Å². The van der Waals surface area contributed by atoms with E-state index in [1.807, 2.05) is 6.92 Å². The molecule has 0 heterocycles. The number of phenolic OH excluding ortho intramolecular Hbond substituents is 1. The molecule has 1 rings (SSSR count). The van der Waals surface area contributed by atoms with Gasteiger partial charge in [-0.25, -0.2) is 0 Å². The SMILES string of the molecule is Cc1cc(NC(=O)C(C)CCl)c(C)cc1O. The molecule has 4 heteroatoms. The van der Waals surface area contributed by atoms with E-state index in [-0.39, 0.29) is 17.6 Å². The second-order valence-corrected chi connectivity index (χ2v) is 4.31. The fourth-order valence-electron chi connectivity index (χ4n) is 1.26. The Morgan fingerprint density at radius 1 is 1.44 bits per heavy atom. The predicted molar refractivity (Wildman–Crippen MR) is 66.1 cm³/mol. The lowest BCUT2D eigenvalue weighted by Crippen LogP contribution is -2.21. The molecule has 0 spiro atoms. The smallest absolute Gasteiger partial charge is 0.228 e. The first kappa shape index (κ1) is 12.8. The summed E-state index contributed by atoms with van der Waals surface area (Å²) < 4.78 is 0. The lowest BCUT2D eigenvalue weighted by Gasteiger charge is -2.13. The molecule has 0 radical (unpaired) electrons. The molecule has 0 saturated carbocycles. The summed E-state index contributed by atoms with van der Waals surface area (Å²) in [5.41, 5.74) is 2.29. The zero-order valence-corrected chi connectivity index (χ0v) is 10.4. The summed E-state index contributed by atoms with van der Waals surface area (Å²) in [6.45, 7) is 5.39. The van der Waals surface area contributed by atoms with Gasteiger partial charge in [0.05, 0.1) is 0 Å². The van der Waals surface area contributed by atoms with Crippen LogP contribution < -0.4 is 5.32 Å². The van der Waals surface area contributed by atoms with Gasteiger partial charge < -0.3 is 10.4 Å². The maximum atomic E-state index is 11.6. The first-order valence-electron chi connectivity index (χ1n) is 5.12. The van der Waals surface area contributed by atoms with Crippen molar-refractivity contribution in [2.45, 2.75) is 20.8 Å². The number of anilines is 1. The molecule has 0 aliphatic rings. The Morgan fingerprint density at radius 2 is 2.06 bits per heavy atom. The van der Waals surface area contributed by atoms with E-state index in [0.29, 0.717) is 5.88 Å². The minimum atomic E-state index is -0.227. The lowest BCUT2D eigenvalue weighted by molar-refractivity contribution is -0.118. The van der Waals surface area contributed by atoms with E-state index in [1.165, 1.54) is 0 Å². The number of aromatic hydroxyl groups is 1. The minimum Gasteiger partial charge on any atom is -0.508 e. The second kappa shape index (κ2) is 5.21. The highest BCUT2D eigenvalue weighted by atomic mass is 35.5. The molecule has 0 bridgehead atoms. The van der Waals surface area contributed by atoms with Gasteiger partial charge in [0.15, 0.2) is 0 Å². The van der Waals surface area contributed by atoms with Crippen molar-refractivity contribution in [2.75, 3.05) is 11.2 Å². The highest BCUT2D eigenvalue weighted by Gasteiger charge is 2.13. The number of hydrogen-bond donors (Lipinski definition) is 2. The summed E-state index contributed by atoms with van der Waals surface area (Å²) >= 11 is 5.61. The number of carbonyl (C=O) groups is 1. The number of benzene rings is 1. The van der Waals surface area contributed by atoms with Gasteiger partial charge >= 0.3 is 0 Å². The maximum Gasteiger partial charge on any atom is 0.228 e. The molecule has 0 fully saturated rings.